The van der Waals surface area contributed by atoms with Gasteiger partial charge in [-0.25, -0.2) is 4.98 Å². The number of furan rings is 1. The summed E-state index contributed by atoms with van der Waals surface area (Å²) in [6.45, 7) is 4.11. The molecule has 114 valence electrons. The second kappa shape index (κ2) is 5.53. The van der Waals surface area contributed by atoms with E-state index in [4.69, 9.17) is 4.42 Å². The van der Waals surface area contributed by atoms with Gasteiger partial charge >= 0.3 is 0 Å². The lowest BCUT2D eigenvalue weighted by Gasteiger charge is -2.26. The number of carbonyl (C=O) groups is 2. The van der Waals surface area contributed by atoms with Crippen molar-refractivity contribution in [1.29, 1.82) is 0 Å². The molecule has 1 amide bonds. The Morgan fingerprint density at radius 3 is 3.00 bits per heavy atom. The highest BCUT2D eigenvalue weighted by molar-refractivity contribution is 7.17. The van der Waals surface area contributed by atoms with Gasteiger partial charge in [0, 0.05) is 12.5 Å². The maximum Gasteiger partial charge on any atom is 0.250 e. The van der Waals surface area contributed by atoms with Crippen LogP contribution in [-0.2, 0) is 11.2 Å². The average molecular weight is 316 g/mol. The molecule has 0 saturated heterocycles. The van der Waals surface area contributed by atoms with Gasteiger partial charge in [0.15, 0.2) is 10.9 Å². The first kappa shape index (κ1) is 14.7. The number of fused-ring (bicyclic) bond motifs is 1. The number of amides is 1. The quantitative estimate of drug-likeness (QED) is 0.879. The average Bonchev–Trinajstić information content (AvgIpc) is 3.04. The molecule has 6 heteroatoms. The maximum atomic E-state index is 12.1. The Morgan fingerprint density at radius 1 is 1.45 bits per heavy atom. The summed E-state index contributed by atoms with van der Waals surface area (Å²) in [5.41, 5.74) is 0.718. The second-order valence-electron chi connectivity index (χ2n) is 6.07. The van der Waals surface area contributed by atoms with Gasteiger partial charge < -0.3 is 4.42 Å². The van der Waals surface area contributed by atoms with Crippen LogP contribution in [-0.4, -0.2) is 16.7 Å². The van der Waals surface area contributed by atoms with Crippen molar-refractivity contribution in [2.24, 2.45) is 5.41 Å². The van der Waals surface area contributed by atoms with Crippen molar-refractivity contribution >= 4 is 34.2 Å². The van der Waals surface area contributed by atoms with Gasteiger partial charge in [-0.15, -0.1) is 0 Å². The van der Waals surface area contributed by atoms with E-state index in [1.807, 2.05) is 0 Å². The van der Waals surface area contributed by atoms with Crippen LogP contribution in [0.15, 0.2) is 28.9 Å². The lowest BCUT2D eigenvalue weighted by molar-refractivity contribution is -0.111. The molecule has 0 saturated carbocycles. The number of ketones is 1. The molecule has 0 aromatic carbocycles. The van der Waals surface area contributed by atoms with Crippen molar-refractivity contribution in [3.8, 4) is 0 Å². The van der Waals surface area contributed by atoms with E-state index in [0.29, 0.717) is 22.2 Å². The van der Waals surface area contributed by atoms with E-state index in [1.165, 1.54) is 17.4 Å². The summed E-state index contributed by atoms with van der Waals surface area (Å²) < 4.78 is 5.11. The molecular weight excluding hydrogens is 300 g/mol. The van der Waals surface area contributed by atoms with Crippen LogP contribution in [0, 0.1) is 5.41 Å². The second-order valence-corrected chi connectivity index (χ2v) is 7.07. The zero-order valence-corrected chi connectivity index (χ0v) is 13.2. The molecule has 3 rings (SSSR count). The summed E-state index contributed by atoms with van der Waals surface area (Å²) in [6, 6.07) is 3.51. The van der Waals surface area contributed by atoms with Gasteiger partial charge in [-0.3, -0.25) is 14.9 Å². The number of nitrogens with zero attached hydrogens (tertiary/aromatic N) is 1. The number of anilines is 1. The number of rotatable bonds is 3. The fourth-order valence-corrected chi connectivity index (χ4v) is 3.39. The van der Waals surface area contributed by atoms with E-state index in [9.17, 15) is 9.59 Å². The summed E-state index contributed by atoms with van der Waals surface area (Å²) in [7, 11) is 0. The van der Waals surface area contributed by atoms with Crippen molar-refractivity contribution in [2.75, 3.05) is 5.32 Å². The Kier molecular flexibility index (Phi) is 3.70. The maximum absolute atomic E-state index is 12.1. The predicted octanol–water partition coefficient (Wildman–Crippen LogP) is 3.54. The van der Waals surface area contributed by atoms with Crippen LogP contribution < -0.4 is 5.32 Å². The highest BCUT2D eigenvalue weighted by Gasteiger charge is 2.33. The summed E-state index contributed by atoms with van der Waals surface area (Å²) in [4.78, 5) is 29.0. The van der Waals surface area contributed by atoms with Crippen LogP contribution in [0.5, 0.6) is 0 Å². The monoisotopic (exact) mass is 316 g/mol. The number of nitrogens with one attached hydrogen (secondary N) is 1. The number of Topliss-reactive ketones (excluding diaryl/α,β-unsaturated/α-hetero) is 1. The molecule has 0 fully saturated rings. The third kappa shape index (κ3) is 3.17. The highest BCUT2D eigenvalue weighted by atomic mass is 32.1. The number of aromatic nitrogens is 1. The summed E-state index contributed by atoms with van der Waals surface area (Å²) >= 11 is 1.25. The van der Waals surface area contributed by atoms with E-state index >= 15 is 0 Å². The molecule has 1 aliphatic rings. The standard InChI is InChI=1S/C16H16N2O3S/c1-16(2)8-11-14(12(19)9-16)22-15(17-11)18-13(20)6-5-10-4-3-7-21-10/h3-7H,8-9H2,1-2H3,(H,17,18,20)/b6-5-. The molecule has 1 N–H and O–H groups in total. The zero-order chi connectivity index (χ0) is 15.7. The minimum atomic E-state index is -0.297. The van der Waals surface area contributed by atoms with E-state index < -0.39 is 0 Å². The minimum absolute atomic E-state index is 0.0708. The van der Waals surface area contributed by atoms with Crippen LogP contribution >= 0.6 is 11.3 Å². The minimum Gasteiger partial charge on any atom is -0.465 e. The van der Waals surface area contributed by atoms with E-state index in [2.05, 4.69) is 24.1 Å². The summed E-state index contributed by atoms with van der Waals surface area (Å²) in [5.74, 6) is 0.412. The molecule has 5 nitrogen and oxygen atoms in total. The number of thiazole rings is 1. The number of hydrogen-bond donors (Lipinski definition) is 1. The van der Waals surface area contributed by atoms with Crippen LogP contribution in [0.1, 0.15) is 41.4 Å². The van der Waals surface area contributed by atoms with Gasteiger partial charge in [0.1, 0.15) is 5.76 Å². The smallest absolute Gasteiger partial charge is 0.250 e. The molecule has 0 radical (unpaired) electrons. The third-order valence-corrected chi connectivity index (χ3v) is 4.46. The Morgan fingerprint density at radius 2 is 2.27 bits per heavy atom. The zero-order valence-electron chi connectivity index (χ0n) is 12.4. The van der Waals surface area contributed by atoms with Crippen LogP contribution in [0.4, 0.5) is 5.13 Å². The van der Waals surface area contributed by atoms with E-state index in [1.54, 1.807) is 24.5 Å². The number of carbonyl (C=O) groups excluding carboxylic acids is 2. The van der Waals surface area contributed by atoms with Gasteiger partial charge in [0.2, 0.25) is 5.91 Å². The summed E-state index contributed by atoms with van der Waals surface area (Å²) in [5, 5.41) is 3.16. The highest BCUT2D eigenvalue weighted by Crippen LogP contribution is 2.38. The molecule has 0 aliphatic heterocycles. The molecule has 0 atom stereocenters. The lowest BCUT2D eigenvalue weighted by Crippen LogP contribution is -2.26. The third-order valence-electron chi connectivity index (χ3n) is 3.41. The van der Waals surface area contributed by atoms with Crippen molar-refractivity contribution in [2.45, 2.75) is 26.7 Å². The number of hydrogen-bond acceptors (Lipinski definition) is 5. The van der Waals surface area contributed by atoms with Gasteiger partial charge in [-0.1, -0.05) is 25.2 Å². The summed E-state index contributed by atoms with van der Waals surface area (Å²) in [6.07, 6.45) is 5.78. The first-order chi connectivity index (χ1) is 10.4. The SMILES string of the molecule is CC1(C)CC(=O)c2sc(NC(=O)/C=C\c3ccco3)nc2C1. The molecule has 2 aromatic rings. The first-order valence-corrected chi connectivity index (χ1v) is 7.80. The van der Waals surface area contributed by atoms with Crippen molar-refractivity contribution < 1.29 is 14.0 Å². The van der Waals surface area contributed by atoms with Gasteiger partial charge in [-0.05, 0) is 30.0 Å². The Labute approximate surface area is 132 Å². The molecular formula is C16H16N2O3S. The van der Waals surface area contributed by atoms with E-state index in [0.717, 1.165) is 12.1 Å². The van der Waals surface area contributed by atoms with Crippen LogP contribution in [0.25, 0.3) is 6.08 Å². The molecule has 0 unspecified atom stereocenters. The lowest BCUT2D eigenvalue weighted by atomic mass is 9.78. The van der Waals surface area contributed by atoms with E-state index in [-0.39, 0.29) is 17.1 Å². The normalized spacial score (nSPS) is 16.7. The Hall–Kier alpha value is -2.21. The van der Waals surface area contributed by atoms with Crippen molar-refractivity contribution in [1.82, 2.24) is 4.98 Å². The van der Waals surface area contributed by atoms with Crippen LogP contribution in [0.2, 0.25) is 0 Å². The Bertz CT molecular complexity index is 742. The van der Waals surface area contributed by atoms with Crippen molar-refractivity contribution in [3.05, 3.63) is 40.8 Å². The molecule has 22 heavy (non-hydrogen) atoms. The molecule has 2 heterocycles. The molecule has 2 aromatic heterocycles. The van der Waals surface area contributed by atoms with Crippen LogP contribution in [0.3, 0.4) is 0 Å². The molecule has 0 bridgehead atoms. The fraction of sp³-hybridized carbons (Fsp3) is 0.312. The largest absolute Gasteiger partial charge is 0.465 e. The molecule has 0 spiro atoms. The fourth-order valence-electron chi connectivity index (χ4n) is 2.46. The first-order valence-electron chi connectivity index (χ1n) is 6.98. The Balaban J connectivity index is 1.72. The predicted molar refractivity (Wildman–Crippen MR) is 84.9 cm³/mol. The topological polar surface area (TPSA) is 72.2 Å². The van der Waals surface area contributed by atoms with Gasteiger partial charge in [0.25, 0.3) is 0 Å². The molecule has 1 aliphatic carbocycles. The van der Waals surface area contributed by atoms with Crippen molar-refractivity contribution in [3.63, 3.8) is 0 Å². The van der Waals surface area contributed by atoms with Gasteiger partial charge in [-0.2, -0.15) is 0 Å². The van der Waals surface area contributed by atoms with Gasteiger partial charge in [0.05, 0.1) is 16.8 Å².